The Morgan fingerprint density at radius 1 is 1.37 bits per heavy atom. The van der Waals surface area contributed by atoms with Crippen LogP contribution in [0.1, 0.15) is 25.6 Å². The van der Waals surface area contributed by atoms with Gasteiger partial charge in [-0.3, -0.25) is 9.89 Å². The number of furan rings is 1. The molecule has 0 unspecified atom stereocenters. The van der Waals surface area contributed by atoms with Crippen molar-refractivity contribution >= 4 is 35.8 Å². The molecule has 2 aromatic rings. The molecule has 0 saturated carbocycles. The van der Waals surface area contributed by atoms with E-state index in [1.165, 1.54) is 0 Å². The molecule has 148 valence electrons. The van der Waals surface area contributed by atoms with E-state index in [1.54, 1.807) is 12.3 Å². The number of aliphatic imine (C=N–C) groups is 1. The van der Waals surface area contributed by atoms with Crippen LogP contribution in [0.15, 0.2) is 27.8 Å². The normalized spacial score (nSPS) is 14.1. The fraction of sp³-hybridized carbons (Fsp3) is 0.529. The SMILES string of the molecule is CCNC(=NCC(=O)N1CCCC1)NCCc1nc(-c2ccco2)n[nH]1.I. The van der Waals surface area contributed by atoms with Gasteiger partial charge in [0.2, 0.25) is 11.7 Å². The van der Waals surface area contributed by atoms with Crippen LogP contribution in [0.5, 0.6) is 0 Å². The third kappa shape index (κ3) is 6.22. The Hall–Kier alpha value is -2.11. The lowest BCUT2D eigenvalue weighted by atomic mass is 10.4. The van der Waals surface area contributed by atoms with Gasteiger partial charge in [-0.2, -0.15) is 5.10 Å². The van der Waals surface area contributed by atoms with E-state index in [0.29, 0.717) is 30.5 Å². The first-order valence-corrected chi connectivity index (χ1v) is 9.01. The maximum absolute atomic E-state index is 12.1. The van der Waals surface area contributed by atoms with Crippen LogP contribution < -0.4 is 10.6 Å². The van der Waals surface area contributed by atoms with Crippen LogP contribution in [0.3, 0.4) is 0 Å². The van der Waals surface area contributed by atoms with Gasteiger partial charge in [-0.05, 0) is 31.9 Å². The molecule has 0 atom stereocenters. The van der Waals surface area contributed by atoms with Gasteiger partial charge < -0.3 is 20.0 Å². The first-order chi connectivity index (χ1) is 12.8. The second-order valence-electron chi connectivity index (χ2n) is 6.04. The number of nitrogens with zero attached hydrogens (tertiary/aromatic N) is 4. The highest BCUT2D eigenvalue weighted by Gasteiger charge is 2.17. The van der Waals surface area contributed by atoms with E-state index in [1.807, 2.05) is 17.9 Å². The lowest BCUT2D eigenvalue weighted by molar-refractivity contribution is -0.128. The van der Waals surface area contributed by atoms with Gasteiger partial charge in [0.1, 0.15) is 12.4 Å². The molecule has 1 aliphatic heterocycles. The summed E-state index contributed by atoms with van der Waals surface area (Å²) < 4.78 is 5.28. The van der Waals surface area contributed by atoms with Crippen LogP contribution in [0.4, 0.5) is 0 Å². The zero-order valence-electron chi connectivity index (χ0n) is 15.4. The third-order valence-electron chi connectivity index (χ3n) is 4.10. The van der Waals surface area contributed by atoms with E-state index in [0.717, 1.165) is 38.3 Å². The molecule has 0 aromatic carbocycles. The number of amides is 1. The first-order valence-electron chi connectivity index (χ1n) is 9.01. The molecular formula is C17H26IN7O2. The molecule has 0 bridgehead atoms. The number of H-pyrrole nitrogens is 1. The zero-order chi connectivity index (χ0) is 18.2. The molecule has 1 aliphatic rings. The topological polar surface area (TPSA) is 111 Å². The van der Waals surface area contributed by atoms with E-state index in [4.69, 9.17) is 4.42 Å². The average Bonchev–Trinajstić information content (AvgIpc) is 3.41. The fourth-order valence-electron chi connectivity index (χ4n) is 2.78. The van der Waals surface area contributed by atoms with Crippen molar-refractivity contribution in [3.8, 4) is 11.6 Å². The summed E-state index contributed by atoms with van der Waals surface area (Å²) in [5.74, 6) is 2.65. The Morgan fingerprint density at radius 2 is 2.19 bits per heavy atom. The Labute approximate surface area is 175 Å². The molecule has 1 saturated heterocycles. The minimum atomic E-state index is 0. The van der Waals surface area contributed by atoms with Gasteiger partial charge in [0.15, 0.2) is 11.7 Å². The molecule has 2 aromatic heterocycles. The van der Waals surface area contributed by atoms with Crippen molar-refractivity contribution in [2.24, 2.45) is 4.99 Å². The number of aromatic amines is 1. The first kappa shape index (κ1) is 21.2. The zero-order valence-corrected chi connectivity index (χ0v) is 17.7. The molecular weight excluding hydrogens is 461 g/mol. The minimum absolute atomic E-state index is 0. The summed E-state index contributed by atoms with van der Waals surface area (Å²) in [5.41, 5.74) is 0. The number of carbonyl (C=O) groups excluding carboxylic acids is 1. The molecule has 0 radical (unpaired) electrons. The standard InChI is InChI=1S/C17H25N7O2.HI/c1-2-18-17(20-12-15(25)24-9-3-4-10-24)19-8-7-14-21-16(23-22-14)13-6-5-11-26-13;/h5-6,11H,2-4,7-10,12H2,1H3,(H2,18,19,20)(H,21,22,23);1H. The summed E-state index contributed by atoms with van der Waals surface area (Å²) in [6, 6.07) is 3.62. The molecule has 0 aliphatic carbocycles. The number of likely N-dealkylation sites (tertiary alicyclic amines) is 1. The quantitative estimate of drug-likeness (QED) is 0.310. The van der Waals surface area contributed by atoms with Crippen LogP contribution in [0.25, 0.3) is 11.6 Å². The van der Waals surface area contributed by atoms with E-state index in [-0.39, 0.29) is 36.4 Å². The van der Waals surface area contributed by atoms with Crippen molar-refractivity contribution in [2.45, 2.75) is 26.2 Å². The average molecular weight is 487 g/mol. The van der Waals surface area contributed by atoms with Crippen molar-refractivity contribution in [1.29, 1.82) is 0 Å². The lowest BCUT2D eigenvalue weighted by Crippen LogP contribution is -2.39. The number of aromatic nitrogens is 3. The number of hydrogen-bond acceptors (Lipinski definition) is 5. The lowest BCUT2D eigenvalue weighted by Gasteiger charge is -2.15. The van der Waals surface area contributed by atoms with Gasteiger partial charge in [-0.25, -0.2) is 9.98 Å². The van der Waals surface area contributed by atoms with Gasteiger partial charge in [0.25, 0.3) is 0 Å². The maximum Gasteiger partial charge on any atom is 0.244 e. The van der Waals surface area contributed by atoms with Crippen molar-refractivity contribution in [3.63, 3.8) is 0 Å². The molecule has 27 heavy (non-hydrogen) atoms. The van der Waals surface area contributed by atoms with Crippen LogP contribution in [0.2, 0.25) is 0 Å². The summed E-state index contributed by atoms with van der Waals surface area (Å²) >= 11 is 0. The van der Waals surface area contributed by atoms with Crippen LogP contribution in [0, 0.1) is 0 Å². The predicted octanol–water partition coefficient (Wildman–Crippen LogP) is 1.40. The van der Waals surface area contributed by atoms with Crippen molar-refractivity contribution in [1.82, 2.24) is 30.7 Å². The highest BCUT2D eigenvalue weighted by atomic mass is 127. The molecule has 3 N–H and O–H groups in total. The van der Waals surface area contributed by atoms with Crippen LogP contribution in [-0.4, -0.2) is 64.7 Å². The van der Waals surface area contributed by atoms with Gasteiger partial charge >= 0.3 is 0 Å². The highest BCUT2D eigenvalue weighted by molar-refractivity contribution is 14.0. The fourth-order valence-corrected chi connectivity index (χ4v) is 2.78. The number of carbonyl (C=O) groups is 1. The predicted molar refractivity (Wildman–Crippen MR) is 113 cm³/mol. The van der Waals surface area contributed by atoms with E-state index in [2.05, 4.69) is 30.8 Å². The van der Waals surface area contributed by atoms with E-state index >= 15 is 0 Å². The smallest absolute Gasteiger partial charge is 0.244 e. The molecule has 9 nitrogen and oxygen atoms in total. The van der Waals surface area contributed by atoms with Crippen molar-refractivity contribution in [3.05, 3.63) is 24.2 Å². The monoisotopic (exact) mass is 487 g/mol. The molecule has 1 fully saturated rings. The Kier molecular flexibility index (Phi) is 8.55. The number of halogens is 1. The van der Waals surface area contributed by atoms with Gasteiger partial charge in [-0.1, -0.05) is 0 Å². The molecule has 1 amide bonds. The van der Waals surface area contributed by atoms with E-state index in [9.17, 15) is 4.79 Å². The molecule has 0 spiro atoms. The Morgan fingerprint density at radius 3 is 2.89 bits per heavy atom. The summed E-state index contributed by atoms with van der Waals surface area (Å²) in [6.45, 7) is 5.21. The summed E-state index contributed by atoms with van der Waals surface area (Å²) in [7, 11) is 0. The number of nitrogens with one attached hydrogen (secondary N) is 3. The highest BCUT2D eigenvalue weighted by Crippen LogP contribution is 2.14. The van der Waals surface area contributed by atoms with E-state index < -0.39 is 0 Å². The van der Waals surface area contributed by atoms with Crippen molar-refractivity contribution in [2.75, 3.05) is 32.7 Å². The maximum atomic E-state index is 12.1. The summed E-state index contributed by atoms with van der Waals surface area (Å²) in [6.07, 6.45) is 4.42. The largest absolute Gasteiger partial charge is 0.461 e. The third-order valence-corrected chi connectivity index (χ3v) is 4.10. The molecule has 3 rings (SSSR count). The Balaban J connectivity index is 0.00000261. The minimum Gasteiger partial charge on any atom is -0.461 e. The number of hydrogen-bond donors (Lipinski definition) is 3. The number of rotatable bonds is 7. The van der Waals surface area contributed by atoms with Gasteiger partial charge in [-0.15, -0.1) is 24.0 Å². The second kappa shape index (κ2) is 10.9. The summed E-state index contributed by atoms with van der Waals surface area (Å²) in [5, 5.41) is 13.4. The van der Waals surface area contributed by atoms with Gasteiger partial charge in [0.05, 0.1) is 6.26 Å². The Bertz CT molecular complexity index is 723. The van der Waals surface area contributed by atoms with Gasteiger partial charge in [0, 0.05) is 32.6 Å². The molecule has 3 heterocycles. The van der Waals surface area contributed by atoms with Crippen LogP contribution in [-0.2, 0) is 11.2 Å². The number of guanidine groups is 1. The van der Waals surface area contributed by atoms with Crippen molar-refractivity contribution < 1.29 is 9.21 Å². The van der Waals surface area contributed by atoms with Crippen LogP contribution >= 0.6 is 24.0 Å². The molecule has 10 heteroatoms. The second-order valence-corrected chi connectivity index (χ2v) is 6.04. The summed E-state index contributed by atoms with van der Waals surface area (Å²) in [4.78, 5) is 22.7.